The molecule has 0 spiro atoms. The van der Waals surface area contributed by atoms with E-state index in [-0.39, 0.29) is 0 Å². The first-order chi connectivity index (χ1) is 7.36. The molecular weight excluding hydrogens is 307 g/mol. The number of hydrogen-bond donors (Lipinski definition) is 0. The van der Waals surface area contributed by atoms with Gasteiger partial charge in [0.05, 0.1) is 12.2 Å². The van der Waals surface area contributed by atoms with Gasteiger partial charge in [-0.3, -0.25) is 0 Å². The summed E-state index contributed by atoms with van der Waals surface area (Å²) in [6.07, 6.45) is 6.51. The molecule has 0 atom stereocenters. The van der Waals surface area contributed by atoms with Crippen LogP contribution in [-0.2, 0) is 14.2 Å². The summed E-state index contributed by atoms with van der Waals surface area (Å²) in [5, 5.41) is 0. The van der Waals surface area contributed by atoms with Gasteiger partial charge in [-0.2, -0.15) is 0 Å². The van der Waals surface area contributed by atoms with Crippen LogP contribution in [-0.4, -0.2) is 37.1 Å². The van der Waals surface area contributed by atoms with Crippen LogP contribution >= 0.6 is 22.6 Å². The van der Waals surface area contributed by atoms with E-state index in [0.717, 1.165) is 32.3 Å². The number of methoxy groups -OCH3 is 1. The van der Waals surface area contributed by atoms with Gasteiger partial charge in [0.15, 0.2) is 0 Å². The Morgan fingerprint density at radius 3 is 2.20 bits per heavy atom. The predicted octanol–water partition coefficient (Wildman–Crippen LogP) is 2.76. The van der Waals surface area contributed by atoms with Crippen LogP contribution in [0.5, 0.6) is 0 Å². The summed E-state index contributed by atoms with van der Waals surface area (Å²) in [6.45, 7) is 1.34. The van der Waals surface area contributed by atoms with Gasteiger partial charge in [-0.05, 0) is 32.1 Å². The van der Waals surface area contributed by atoms with Gasteiger partial charge in [-0.1, -0.05) is 22.6 Å². The van der Waals surface area contributed by atoms with Gasteiger partial charge >= 0.3 is 0 Å². The fourth-order valence-corrected chi connectivity index (χ4v) is 2.15. The standard InChI is InChI=1S/C11H21IO3/c1-13-9-15-11-5-3-10(4-6-11)14-8-2-7-12/h10-11H,2-9H2,1H3. The Kier molecular flexibility index (Phi) is 7.96. The molecule has 1 rings (SSSR count). The molecule has 90 valence electrons. The van der Waals surface area contributed by atoms with Crippen molar-refractivity contribution >= 4 is 22.6 Å². The second-order valence-electron chi connectivity index (χ2n) is 3.89. The highest BCUT2D eigenvalue weighted by atomic mass is 127. The molecule has 0 bridgehead atoms. The maximum atomic E-state index is 5.78. The number of alkyl halides is 1. The van der Waals surface area contributed by atoms with Gasteiger partial charge < -0.3 is 14.2 Å². The summed E-state index contributed by atoms with van der Waals surface area (Å²) in [7, 11) is 1.67. The van der Waals surface area contributed by atoms with Crippen molar-refractivity contribution in [2.75, 3.05) is 24.9 Å². The van der Waals surface area contributed by atoms with Crippen LogP contribution in [0.4, 0.5) is 0 Å². The Labute approximate surface area is 106 Å². The summed E-state index contributed by atoms with van der Waals surface area (Å²) in [5.41, 5.74) is 0. The van der Waals surface area contributed by atoms with Crippen molar-refractivity contribution in [1.29, 1.82) is 0 Å². The van der Waals surface area contributed by atoms with E-state index in [4.69, 9.17) is 14.2 Å². The molecule has 4 heteroatoms. The molecule has 3 nitrogen and oxygen atoms in total. The minimum atomic E-state index is 0.384. The van der Waals surface area contributed by atoms with E-state index in [1.165, 1.54) is 10.8 Å². The fourth-order valence-electron chi connectivity index (χ4n) is 1.83. The molecular formula is C11H21IO3. The summed E-state index contributed by atoms with van der Waals surface area (Å²) in [6, 6.07) is 0. The molecule has 1 aliphatic carbocycles. The molecule has 0 amide bonds. The van der Waals surface area contributed by atoms with E-state index in [9.17, 15) is 0 Å². The first kappa shape index (κ1) is 13.7. The third-order valence-corrected chi connectivity index (χ3v) is 3.44. The predicted molar refractivity (Wildman–Crippen MR) is 68.5 cm³/mol. The molecule has 0 aromatic heterocycles. The summed E-state index contributed by atoms with van der Waals surface area (Å²) in [4.78, 5) is 0. The SMILES string of the molecule is COCOC1CCC(OCCCI)CC1. The van der Waals surface area contributed by atoms with Crippen molar-refractivity contribution in [3.63, 3.8) is 0 Å². The second kappa shape index (κ2) is 8.73. The van der Waals surface area contributed by atoms with Gasteiger partial charge in [0.2, 0.25) is 0 Å². The minimum absolute atomic E-state index is 0.384. The van der Waals surface area contributed by atoms with Crippen molar-refractivity contribution in [3.05, 3.63) is 0 Å². The van der Waals surface area contributed by atoms with E-state index in [1.54, 1.807) is 7.11 Å². The molecule has 0 unspecified atom stereocenters. The Morgan fingerprint density at radius 2 is 1.67 bits per heavy atom. The number of rotatable bonds is 7. The zero-order valence-corrected chi connectivity index (χ0v) is 11.6. The van der Waals surface area contributed by atoms with Crippen molar-refractivity contribution in [2.45, 2.75) is 44.3 Å². The van der Waals surface area contributed by atoms with Crippen molar-refractivity contribution in [1.82, 2.24) is 0 Å². The van der Waals surface area contributed by atoms with Gasteiger partial charge in [-0.15, -0.1) is 0 Å². The Bertz CT molecular complexity index is 147. The van der Waals surface area contributed by atoms with Crippen molar-refractivity contribution in [2.24, 2.45) is 0 Å². The number of ether oxygens (including phenoxy) is 3. The lowest BCUT2D eigenvalue weighted by Crippen LogP contribution is -2.27. The van der Waals surface area contributed by atoms with E-state index in [2.05, 4.69) is 22.6 Å². The summed E-state index contributed by atoms with van der Waals surface area (Å²) >= 11 is 2.39. The summed E-state index contributed by atoms with van der Waals surface area (Å²) < 4.78 is 17.4. The largest absolute Gasteiger partial charge is 0.378 e. The smallest absolute Gasteiger partial charge is 0.146 e. The quantitative estimate of drug-likeness (QED) is 0.311. The highest BCUT2D eigenvalue weighted by molar-refractivity contribution is 14.1. The molecule has 0 saturated heterocycles. The molecule has 1 fully saturated rings. The van der Waals surface area contributed by atoms with Crippen LogP contribution in [0, 0.1) is 0 Å². The zero-order valence-electron chi connectivity index (χ0n) is 9.41. The Hall–Kier alpha value is 0.610. The maximum Gasteiger partial charge on any atom is 0.146 e. The van der Waals surface area contributed by atoms with Gasteiger partial charge in [0.25, 0.3) is 0 Å². The first-order valence-electron chi connectivity index (χ1n) is 5.65. The van der Waals surface area contributed by atoms with E-state index >= 15 is 0 Å². The van der Waals surface area contributed by atoms with Crippen molar-refractivity contribution in [3.8, 4) is 0 Å². The average molecular weight is 328 g/mol. The maximum absolute atomic E-state index is 5.78. The van der Waals surface area contributed by atoms with Gasteiger partial charge in [0.1, 0.15) is 6.79 Å². The minimum Gasteiger partial charge on any atom is -0.378 e. The Balaban J connectivity index is 2.02. The zero-order chi connectivity index (χ0) is 10.9. The lowest BCUT2D eigenvalue weighted by atomic mass is 9.95. The molecule has 0 aromatic carbocycles. The van der Waals surface area contributed by atoms with Gasteiger partial charge in [0, 0.05) is 18.1 Å². The van der Waals surface area contributed by atoms with E-state index in [1.807, 2.05) is 0 Å². The molecule has 15 heavy (non-hydrogen) atoms. The summed E-state index contributed by atoms with van der Waals surface area (Å²) in [5.74, 6) is 0. The van der Waals surface area contributed by atoms with Crippen molar-refractivity contribution < 1.29 is 14.2 Å². The number of halogens is 1. The molecule has 1 aliphatic rings. The van der Waals surface area contributed by atoms with Gasteiger partial charge in [-0.25, -0.2) is 0 Å². The second-order valence-corrected chi connectivity index (χ2v) is 4.96. The number of hydrogen-bond acceptors (Lipinski definition) is 3. The monoisotopic (exact) mass is 328 g/mol. The van der Waals surface area contributed by atoms with Crippen LogP contribution in [0.3, 0.4) is 0 Å². The van der Waals surface area contributed by atoms with Crippen LogP contribution in [0.1, 0.15) is 32.1 Å². The van der Waals surface area contributed by atoms with E-state index < -0.39 is 0 Å². The third kappa shape index (κ3) is 6.04. The highest BCUT2D eigenvalue weighted by Gasteiger charge is 2.21. The topological polar surface area (TPSA) is 27.7 Å². The fraction of sp³-hybridized carbons (Fsp3) is 1.00. The van der Waals surface area contributed by atoms with E-state index in [0.29, 0.717) is 19.0 Å². The van der Waals surface area contributed by atoms with Crippen LogP contribution in [0.25, 0.3) is 0 Å². The average Bonchev–Trinajstić information content (AvgIpc) is 2.28. The third-order valence-electron chi connectivity index (χ3n) is 2.67. The van der Waals surface area contributed by atoms with Crippen LogP contribution in [0.2, 0.25) is 0 Å². The van der Waals surface area contributed by atoms with Crippen LogP contribution < -0.4 is 0 Å². The molecule has 0 aromatic rings. The lowest BCUT2D eigenvalue weighted by molar-refractivity contribution is -0.0971. The highest BCUT2D eigenvalue weighted by Crippen LogP contribution is 2.23. The molecule has 0 aliphatic heterocycles. The Morgan fingerprint density at radius 1 is 1.07 bits per heavy atom. The lowest BCUT2D eigenvalue weighted by Gasteiger charge is -2.28. The molecule has 0 heterocycles. The molecule has 0 N–H and O–H groups in total. The van der Waals surface area contributed by atoms with Crippen LogP contribution in [0.15, 0.2) is 0 Å². The first-order valence-corrected chi connectivity index (χ1v) is 7.17. The normalized spacial score (nSPS) is 26.8. The molecule has 1 saturated carbocycles. The molecule has 0 radical (unpaired) electrons.